The lowest BCUT2D eigenvalue weighted by Crippen LogP contribution is -2.24. The molecule has 0 aliphatic rings. The van der Waals surface area contributed by atoms with Crippen LogP contribution >= 0.6 is 11.3 Å². The van der Waals surface area contributed by atoms with Crippen molar-refractivity contribution in [1.82, 2.24) is 9.78 Å². The number of ether oxygens (including phenoxy) is 1. The first-order chi connectivity index (χ1) is 11.9. The highest BCUT2D eigenvalue weighted by Gasteiger charge is 2.22. The average Bonchev–Trinajstić information content (AvgIpc) is 3.21. The van der Waals surface area contributed by atoms with Crippen LogP contribution < -0.4 is 5.32 Å². The number of carbonyl (C=O) groups excluding carboxylic acids is 2. The molecule has 0 spiro atoms. The lowest BCUT2D eigenvalue weighted by Gasteiger charge is -2.12. The van der Waals surface area contributed by atoms with E-state index in [1.807, 2.05) is 6.92 Å². The molecule has 2 aromatic rings. The van der Waals surface area contributed by atoms with Crippen LogP contribution in [0, 0.1) is 0 Å². The molecule has 8 nitrogen and oxygen atoms in total. The van der Waals surface area contributed by atoms with Gasteiger partial charge in [0.05, 0.1) is 23.9 Å². The molecule has 9 heteroatoms. The Morgan fingerprint density at radius 3 is 2.68 bits per heavy atom. The smallest absolute Gasteiger partial charge is 0.341 e. The number of anilines is 1. The zero-order chi connectivity index (χ0) is 18.6. The van der Waals surface area contributed by atoms with Gasteiger partial charge in [0, 0.05) is 11.1 Å². The van der Waals surface area contributed by atoms with Gasteiger partial charge in [-0.3, -0.25) is 9.48 Å². The van der Waals surface area contributed by atoms with Crippen LogP contribution in [-0.2, 0) is 16.0 Å². The predicted molar refractivity (Wildman–Crippen MR) is 92.2 cm³/mol. The van der Waals surface area contributed by atoms with Gasteiger partial charge in [-0.15, -0.1) is 11.3 Å². The number of hydrogen-bond acceptors (Lipinski definition) is 6. The molecule has 0 aliphatic heterocycles. The summed E-state index contributed by atoms with van der Waals surface area (Å²) in [4.78, 5) is 36.4. The molecule has 1 amide bonds. The van der Waals surface area contributed by atoms with Crippen LogP contribution in [0.1, 0.15) is 52.4 Å². The number of carbonyl (C=O) groups is 3. The van der Waals surface area contributed by atoms with Crippen molar-refractivity contribution < 1.29 is 24.2 Å². The highest BCUT2D eigenvalue weighted by atomic mass is 32.1. The third-order valence-corrected chi connectivity index (χ3v) is 4.68. The van der Waals surface area contributed by atoms with E-state index < -0.39 is 23.9 Å². The van der Waals surface area contributed by atoms with Crippen LogP contribution in [0.4, 0.5) is 5.00 Å². The second kappa shape index (κ2) is 7.93. The van der Waals surface area contributed by atoms with Crippen molar-refractivity contribution in [2.24, 2.45) is 0 Å². The van der Waals surface area contributed by atoms with E-state index in [-0.39, 0.29) is 12.2 Å². The fourth-order valence-corrected chi connectivity index (χ4v) is 3.05. The number of amides is 1. The number of nitrogens with zero attached hydrogens (tertiary/aromatic N) is 2. The first-order valence-corrected chi connectivity index (χ1v) is 8.57. The van der Waals surface area contributed by atoms with Crippen LogP contribution in [0.3, 0.4) is 0 Å². The fourth-order valence-electron chi connectivity index (χ4n) is 2.07. The van der Waals surface area contributed by atoms with Crippen molar-refractivity contribution in [2.75, 3.05) is 11.9 Å². The van der Waals surface area contributed by atoms with Gasteiger partial charge in [-0.05, 0) is 26.3 Å². The van der Waals surface area contributed by atoms with Gasteiger partial charge in [-0.25, -0.2) is 9.59 Å². The summed E-state index contributed by atoms with van der Waals surface area (Å²) in [6.45, 7) is 5.49. The van der Waals surface area contributed by atoms with Crippen LogP contribution in [0.5, 0.6) is 0 Å². The van der Waals surface area contributed by atoms with Crippen molar-refractivity contribution in [1.29, 1.82) is 0 Å². The van der Waals surface area contributed by atoms with Crippen LogP contribution in [-0.4, -0.2) is 39.3 Å². The largest absolute Gasteiger partial charge is 0.478 e. The van der Waals surface area contributed by atoms with E-state index in [1.165, 1.54) is 28.4 Å². The monoisotopic (exact) mass is 365 g/mol. The molecule has 1 atom stereocenters. The summed E-state index contributed by atoms with van der Waals surface area (Å²) in [7, 11) is 0. The van der Waals surface area contributed by atoms with Gasteiger partial charge in [0.15, 0.2) is 0 Å². The minimum absolute atomic E-state index is 0.00347. The van der Waals surface area contributed by atoms with E-state index in [0.29, 0.717) is 10.6 Å². The Morgan fingerprint density at radius 1 is 1.40 bits per heavy atom. The summed E-state index contributed by atoms with van der Waals surface area (Å²) < 4.78 is 6.28. The third-order valence-electron chi connectivity index (χ3n) is 3.49. The van der Waals surface area contributed by atoms with Gasteiger partial charge in [0.25, 0.3) is 0 Å². The number of aromatic nitrogens is 2. The maximum Gasteiger partial charge on any atom is 0.341 e. The molecule has 2 heterocycles. The van der Waals surface area contributed by atoms with Crippen molar-refractivity contribution >= 4 is 34.2 Å². The first kappa shape index (κ1) is 18.7. The number of rotatable bonds is 7. The van der Waals surface area contributed by atoms with Gasteiger partial charge in [-0.2, -0.15) is 5.10 Å². The van der Waals surface area contributed by atoms with Gasteiger partial charge >= 0.3 is 11.9 Å². The number of carboxylic acid groups (broad SMARTS) is 1. The van der Waals surface area contributed by atoms with Crippen LogP contribution in [0.2, 0.25) is 0 Å². The van der Waals surface area contributed by atoms with Gasteiger partial charge < -0.3 is 15.2 Å². The van der Waals surface area contributed by atoms with Crippen molar-refractivity contribution in [3.63, 3.8) is 0 Å². The standard InChI is InChI=1S/C16H19N3O5S/c1-4-11-6-12(16(23)24-5-2)14(25-11)18-13(20)9(3)19-8-10(7-17-19)15(21)22/h6-9H,4-5H2,1-3H3,(H,18,20)(H,21,22). The minimum atomic E-state index is -1.12. The maximum absolute atomic E-state index is 12.5. The maximum atomic E-state index is 12.5. The van der Waals surface area contributed by atoms with E-state index >= 15 is 0 Å². The Morgan fingerprint density at radius 2 is 2.12 bits per heavy atom. The summed E-state index contributed by atoms with van der Waals surface area (Å²) >= 11 is 1.31. The normalized spacial score (nSPS) is 11.8. The number of thiophene rings is 1. The second-order valence-electron chi connectivity index (χ2n) is 5.21. The van der Waals surface area contributed by atoms with Crippen molar-refractivity contribution in [2.45, 2.75) is 33.2 Å². The fraction of sp³-hybridized carbons (Fsp3) is 0.375. The first-order valence-electron chi connectivity index (χ1n) is 7.75. The molecule has 0 radical (unpaired) electrons. The molecule has 1 unspecified atom stereocenters. The number of aryl methyl sites for hydroxylation is 1. The van der Waals surface area contributed by atoms with Crippen molar-refractivity contribution in [3.8, 4) is 0 Å². The topological polar surface area (TPSA) is 111 Å². The zero-order valence-corrected chi connectivity index (χ0v) is 14.9. The lowest BCUT2D eigenvalue weighted by atomic mass is 10.2. The number of aromatic carboxylic acids is 1. The molecule has 0 saturated carbocycles. The van der Waals surface area contributed by atoms with E-state index in [1.54, 1.807) is 19.9 Å². The van der Waals surface area contributed by atoms with E-state index in [2.05, 4.69) is 10.4 Å². The number of esters is 1. The molecule has 0 fully saturated rings. The van der Waals surface area contributed by atoms with E-state index in [4.69, 9.17) is 9.84 Å². The molecule has 134 valence electrons. The Hall–Kier alpha value is -2.68. The molecule has 0 bridgehead atoms. The highest BCUT2D eigenvalue weighted by Crippen LogP contribution is 2.30. The minimum Gasteiger partial charge on any atom is -0.478 e. The molecule has 2 rings (SSSR count). The molecular formula is C16H19N3O5S. The number of hydrogen-bond donors (Lipinski definition) is 2. The van der Waals surface area contributed by atoms with Crippen LogP contribution in [0.25, 0.3) is 0 Å². The summed E-state index contributed by atoms with van der Waals surface area (Å²) in [5.74, 6) is -2.02. The Kier molecular flexibility index (Phi) is 5.92. The Labute approximate surface area is 148 Å². The molecule has 0 aromatic carbocycles. The molecule has 0 saturated heterocycles. The number of carboxylic acids is 1. The molecule has 25 heavy (non-hydrogen) atoms. The quantitative estimate of drug-likeness (QED) is 0.730. The summed E-state index contributed by atoms with van der Waals surface area (Å²) in [6.07, 6.45) is 3.19. The zero-order valence-electron chi connectivity index (χ0n) is 14.1. The SMILES string of the molecule is CCOC(=O)c1cc(CC)sc1NC(=O)C(C)n1cc(C(=O)O)cn1. The highest BCUT2D eigenvalue weighted by molar-refractivity contribution is 7.16. The van der Waals surface area contributed by atoms with Gasteiger partial charge in [0.1, 0.15) is 11.0 Å². The molecule has 2 aromatic heterocycles. The molecule has 0 aliphatic carbocycles. The average molecular weight is 365 g/mol. The van der Waals surface area contributed by atoms with Crippen LogP contribution in [0.15, 0.2) is 18.5 Å². The lowest BCUT2D eigenvalue weighted by molar-refractivity contribution is -0.119. The predicted octanol–water partition coefficient (Wildman–Crippen LogP) is 2.58. The number of nitrogens with one attached hydrogen (secondary N) is 1. The van der Waals surface area contributed by atoms with Crippen molar-refractivity contribution in [3.05, 3.63) is 34.5 Å². The van der Waals surface area contributed by atoms with E-state index in [9.17, 15) is 14.4 Å². The second-order valence-corrected chi connectivity index (χ2v) is 6.35. The molecule has 2 N–H and O–H groups in total. The van der Waals surface area contributed by atoms with E-state index in [0.717, 1.165) is 11.3 Å². The Bertz CT molecular complexity index is 796. The molecular weight excluding hydrogens is 346 g/mol. The van der Waals surface area contributed by atoms with Gasteiger partial charge in [-0.1, -0.05) is 6.92 Å². The summed E-state index contributed by atoms with van der Waals surface area (Å²) in [6, 6.07) is 0.967. The summed E-state index contributed by atoms with van der Waals surface area (Å²) in [5.41, 5.74) is 0.312. The third kappa shape index (κ3) is 4.24. The Balaban J connectivity index is 2.19. The summed E-state index contributed by atoms with van der Waals surface area (Å²) in [5, 5.41) is 15.9. The van der Waals surface area contributed by atoms with Gasteiger partial charge in [0.2, 0.25) is 5.91 Å².